The summed E-state index contributed by atoms with van der Waals surface area (Å²) in [5.74, 6) is -0.678. The van der Waals surface area contributed by atoms with Crippen LogP contribution < -0.4 is 4.90 Å². The van der Waals surface area contributed by atoms with Crippen molar-refractivity contribution in [1.82, 2.24) is 10.1 Å². The van der Waals surface area contributed by atoms with Gasteiger partial charge in [0.2, 0.25) is 5.76 Å². The third-order valence-corrected chi connectivity index (χ3v) is 4.71. The monoisotopic (exact) mass is 353 g/mol. The van der Waals surface area contributed by atoms with Crippen molar-refractivity contribution in [1.29, 1.82) is 0 Å². The number of amides is 1. The van der Waals surface area contributed by atoms with Crippen LogP contribution in [0.5, 0.6) is 0 Å². The summed E-state index contributed by atoms with van der Waals surface area (Å²) in [5, 5.41) is 3.99. The van der Waals surface area contributed by atoms with Gasteiger partial charge in [-0.3, -0.25) is 9.69 Å². The number of carbonyl (C=O) groups is 1. The molecule has 0 atom stereocenters. The molecule has 0 saturated heterocycles. The van der Waals surface area contributed by atoms with Gasteiger partial charge in [-0.05, 0) is 17.7 Å². The first-order chi connectivity index (χ1) is 12.2. The summed E-state index contributed by atoms with van der Waals surface area (Å²) >= 11 is 1.26. The molecule has 2 aromatic heterocycles. The van der Waals surface area contributed by atoms with Gasteiger partial charge in [0.25, 0.3) is 5.91 Å². The van der Waals surface area contributed by atoms with Gasteiger partial charge in [-0.2, -0.15) is 0 Å². The Hall–Kier alpha value is -3.06. The van der Waals surface area contributed by atoms with Gasteiger partial charge in [0.05, 0.1) is 17.4 Å². The van der Waals surface area contributed by atoms with Gasteiger partial charge in [0.15, 0.2) is 5.13 Å². The van der Waals surface area contributed by atoms with Crippen LogP contribution in [0.4, 0.5) is 9.52 Å². The van der Waals surface area contributed by atoms with Gasteiger partial charge in [-0.15, -0.1) is 0 Å². The van der Waals surface area contributed by atoms with E-state index in [0.717, 1.165) is 5.56 Å². The lowest BCUT2D eigenvalue weighted by molar-refractivity contribution is 0.0949. The zero-order valence-electron chi connectivity index (χ0n) is 12.9. The predicted molar refractivity (Wildman–Crippen MR) is 93.0 cm³/mol. The zero-order valence-corrected chi connectivity index (χ0v) is 13.7. The van der Waals surface area contributed by atoms with E-state index in [4.69, 9.17) is 4.52 Å². The molecule has 4 rings (SSSR count). The average Bonchev–Trinajstić information content (AvgIpc) is 3.30. The summed E-state index contributed by atoms with van der Waals surface area (Å²) in [6, 6.07) is 15.8. The molecular formula is C18H12FN3O2S. The van der Waals surface area contributed by atoms with E-state index in [0.29, 0.717) is 16.4 Å². The first kappa shape index (κ1) is 15.5. The zero-order chi connectivity index (χ0) is 17.2. The number of para-hydroxylation sites is 1. The Balaban J connectivity index is 1.78. The molecule has 1 amide bonds. The number of anilines is 1. The predicted octanol–water partition coefficient (Wildman–Crippen LogP) is 4.27. The van der Waals surface area contributed by atoms with Crippen molar-refractivity contribution in [2.75, 3.05) is 4.90 Å². The molecule has 0 bridgehead atoms. The maximum atomic E-state index is 14.0. The average molecular weight is 353 g/mol. The third-order valence-electron chi connectivity index (χ3n) is 3.67. The highest BCUT2D eigenvalue weighted by molar-refractivity contribution is 7.22. The van der Waals surface area contributed by atoms with Crippen molar-refractivity contribution in [2.45, 2.75) is 6.54 Å². The van der Waals surface area contributed by atoms with Crippen LogP contribution in [0.25, 0.3) is 10.2 Å². The van der Waals surface area contributed by atoms with Gasteiger partial charge in [-0.1, -0.05) is 52.9 Å². The first-order valence-corrected chi connectivity index (χ1v) is 8.35. The molecule has 0 fully saturated rings. The Morgan fingerprint density at radius 1 is 1.12 bits per heavy atom. The van der Waals surface area contributed by atoms with E-state index in [1.165, 1.54) is 34.6 Å². The van der Waals surface area contributed by atoms with Crippen molar-refractivity contribution in [3.05, 3.63) is 77.9 Å². The number of benzene rings is 2. The molecule has 5 nitrogen and oxygen atoms in total. The van der Waals surface area contributed by atoms with E-state index in [9.17, 15) is 9.18 Å². The second-order valence-electron chi connectivity index (χ2n) is 5.34. The molecule has 4 aromatic rings. The molecule has 25 heavy (non-hydrogen) atoms. The molecule has 0 saturated carbocycles. The van der Waals surface area contributed by atoms with Crippen LogP contribution in [0, 0.1) is 5.82 Å². The Morgan fingerprint density at radius 2 is 1.96 bits per heavy atom. The Bertz CT molecular complexity index is 1020. The summed E-state index contributed by atoms with van der Waals surface area (Å²) in [5.41, 5.74) is 1.18. The largest absolute Gasteiger partial charge is 0.351 e. The lowest BCUT2D eigenvalue weighted by atomic mass is 10.2. The van der Waals surface area contributed by atoms with Crippen molar-refractivity contribution in [3.63, 3.8) is 0 Å². The van der Waals surface area contributed by atoms with Crippen LogP contribution in [-0.2, 0) is 6.54 Å². The van der Waals surface area contributed by atoms with Crippen molar-refractivity contribution >= 4 is 32.6 Å². The molecule has 0 aliphatic carbocycles. The first-order valence-electron chi connectivity index (χ1n) is 7.54. The molecule has 124 valence electrons. The van der Waals surface area contributed by atoms with Crippen LogP contribution in [0.15, 0.2) is 65.3 Å². The number of aromatic nitrogens is 2. The van der Waals surface area contributed by atoms with Crippen molar-refractivity contribution in [3.8, 4) is 0 Å². The molecule has 0 spiro atoms. The van der Waals surface area contributed by atoms with E-state index in [2.05, 4.69) is 10.1 Å². The molecule has 7 heteroatoms. The normalized spacial score (nSPS) is 10.9. The molecule has 2 heterocycles. The lowest BCUT2D eigenvalue weighted by Gasteiger charge is -2.18. The van der Waals surface area contributed by atoms with E-state index in [1.807, 2.05) is 30.3 Å². The summed E-state index contributed by atoms with van der Waals surface area (Å²) in [7, 11) is 0. The van der Waals surface area contributed by atoms with Gasteiger partial charge in [0.1, 0.15) is 11.3 Å². The van der Waals surface area contributed by atoms with E-state index in [1.54, 1.807) is 12.1 Å². The van der Waals surface area contributed by atoms with Gasteiger partial charge in [0, 0.05) is 6.07 Å². The number of fused-ring (bicyclic) bond motifs is 1. The van der Waals surface area contributed by atoms with E-state index < -0.39 is 5.82 Å². The standard InChI is InChI=1S/C18H12FN3O2S/c19-13-7-4-8-15-16(13)21-18(25-15)22(11-12-5-2-1-3-6-12)17(23)14-9-10-20-24-14/h1-10H,11H2. The molecule has 0 radical (unpaired) electrons. The quantitative estimate of drug-likeness (QED) is 0.550. The minimum Gasteiger partial charge on any atom is -0.351 e. The van der Waals surface area contributed by atoms with Crippen LogP contribution in [-0.4, -0.2) is 16.0 Å². The molecule has 2 aromatic carbocycles. The number of halogens is 1. The maximum absolute atomic E-state index is 14.0. The lowest BCUT2D eigenvalue weighted by Crippen LogP contribution is -2.30. The highest BCUT2D eigenvalue weighted by Gasteiger charge is 2.24. The number of carbonyl (C=O) groups excluding carboxylic acids is 1. The summed E-state index contributed by atoms with van der Waals surface area (Å²) in [4.78, 5) is 18.6. The molecular weight excluding hydrogens is 341 g/mol. The van der Waals surface area contributed by atoms with Crippen LogP contribution in [0.1, 0.15) is 16.1 Å². The minimum absolute atomic E-state index is 0.107. The number of hydrogen-bond acceptors (Lipinski definition) is 5. The Morgan fingerprint density at radius 3 is 2.68 bits per heavy atom. The molecule has 0 unspecified atom stereocenters. The molecule has 0 aliphatic rings. The van der Waals surface area contributed by atoms with E-state index in [-0.39, 0.29) is 17.2 Å². The van der Waals surface area contributed by atoms with Gasteiger partial charge in [-0.25, -0.2) is 9.37 Å². The van der Waals surface area contributed by atoms with Crippen LogP contribution >= 0.6 is 11.3 Å². The number of nitrogens with zero attached hydrogens (tertiary/aromatic N) is 3. The number of thiazole rings is 1. The smallest absolute Gasteiger partial charge is 0.298 e. The fourth-order valence-electron chi connectivity index (χ4n) is 2.47. The summed E-state index contributed by atoms with van der Waals surface area (Å²) in [6.45, 7) is 0.293. The number of rotatable bonds is 4. The molecule has 0 aliphatic heterocycles. The second kappa shape index (κ2) is 6.45. The minimum atomic E-state index is -0.410. The highest BCUT2D eigenvalue weighted by Crippen LogP contribution is 2.32. The van der Waals surface area contributed by atoms with Crippen molar-refractivity contribution in [2.24, 2.45) is 0 Å². The summed E-state index contributed by atoms with van der Waals surface area (Å²) < 4.78 is 19.7. The van der Waals surface area contributed by atoms with Gasteiger partial charge < -0.3 is 4.52 Å². The Kier molecular flexibility index (Phi) is 3.99. The third kappa shape index (κ3) is 3.01. The second-order valence-corrected chi connectivity index (χ2v) is 6.35. The Labute approximate surface area is 146 Å². The van der Waals surface area contributed by atoms with E-state index >= 15 is 0 Å². The topological polar surface area (TPSA) is 59.2 Å². The molecule has 0 N–H and O–H groups in total. The van der Waals surface area contributed by atoms with Gasteiger partial charge >= 0.3 is 0 Å². The van der Waals surface area contributed by atoms with Crippen molar-refractivity contribution < 1.29 is 13.7 Å². The number of hydrogen-bond donors (Lipinski definition) is 0. The van der Waals surface area contributed by atoms with Crippen LogP contribution in [0.2, 0.25) is 0 Å². The fraction of sp³-hybridized carbons (Fsp3) is 0.0556. The summed E-state index contributed by atoms with van der Waals surface area (Å²) in [6.07, 6.45) is 1.41. The van der Waals surface area contributed by atoms with Crippen LogP contribution in [0.3, 0.4) is 0 Å². The highest BCUT2D eigenvalue weighted by atomic mass is 32.1. The SMILES string of the molecule is O=C(c1ccno1)N(Cc1ccccc1)c1nc2c(F)cccc2s1. The maximum Gasteiger partial charge on any atom is 0.298 e. The fourth-order valence-corrected chi connectivity index (χ4v) is 3.45.